The van der Waals surface area contributed by atoms with Crippen molar-refractivity contribution in [1.82, 2.24) is 0 Å². The lowest BCUT2D eigenvalue weighted by Crippen LogP contribution is -2.30. The Labute approximate surface area is 467 Å². The number of carbonyl (C=O) groups excluding carboxylic acids is 3. The molecule has 0 aliphatic carbocycles. The second kappa shape index (κ2) is 64.2. The molecule has 0 bridgehead atoms. The molecule has 0 saturated carbocycles. The second-order valence-corrected chi connectivity index (χ2v) is 22.7. The highest BCUT2D eigenvalue weighted by molar-refractivity contribution is 5.71. The molecule has 0 fully saturated rings. The Bertz CT molecular complexity index is 1250. The zero-order valence-electron chi connectivity index (χ0n) is 50.6. The Morgan fingerprint density at radius 1 is 0.267 bits per heavy atom. The summed E-state index contributed by atoms with van der Waals surface area (Å²) in [5, 5.41) is 0. The van der Waals surface area contributed by atoms with Crippen LogP contribution in [0.1, 0.15) is 367 Å². The molecule has 0 aliphatic heterocycles. The minimum absolute atomic E-state index is 0.0699. The van der Waals surface area contributed by atoms with E-state index in [1.807, 2.05) is 0 Å². The molecule has 0 rings (SSSR count). The van der Waals surface area contributed by atoms with Gasteiger partial charge in [-0.1, -0.05) is 308 Å². The summed E-state index contributed by atoms with van der Waals surface area (Å²) < 4.78 is 17.0. The van der Waals surface area contributed by atoms with Crippen LogP contribution in [-0.2, 0) is 28.6 Å². The van der Waals surface area contributed by atoms with Crippen molar-refractivity contribution in [2.75, 3.05) is 13.2 Å². The number of carbonyl (C=O) groups is 3. The number of allylic oxidation sites excluding steroid dienone is 6. The highest BCUT2D eigenvalue weighted by atomic mass is 16.6. The Morgan fingerprint density at radius 3 is 0.773 bits per heavy atom. The van der Waals surface area contributed by atoms with Gasteiger partial charge in [-0.2, -0.15) is 0 Å². The number of hydrogen-bond donors (Lipinski definition) is 0. The molecule has 0 aromatic heterocycles. The van der Waals surface area contributed by atoms with Crippen LogP contribution >= 0.6 is 0 Å². The SMILES string of the molecule is CCCCC/C=C\C/C=C\CCCCCCCCCCCC(=O)OC[C@H](COC(=O)CCCCCCCCCCC/C=C\CCCCCCCC)OC(=O)CCCCCCCCCCCCCCCCCCCCC. The van der Waals surface area contributed by atoms with Gasteiger partial charge in [0.05, 0.1) is 0 Å². The molecule has 1 atom stereocenters. The Balaban J connectivity index is 4.33. The molecular formula is C69H128O6. The van der Waals surface area contributed by atoms with Crippen molar-refractivity contribution >= 4 is 17.9 Å². The van der Waals surface area contributed by atoms with Crippen LogP contribution in [-0.4, -0.2) is 37.2 Å². The van der Waals surface area contributed by atoms with Crippen molar-refractivity contribution in [2.45, 2.75) is 374 Å². The van der Waals surface area contributed by atoms with Crippen molar-refractivity contribution in [1.29, 1.82) is 0 Å². The van der Waals surface area contributed by atoms with E-state index in [0.29, 0.717) is 19.3 Å². The maximum absolute atomic E-state index is 12.9. The molecule has 440 valence electrons. The third-order valence-electron chi connectivity index (χ3n) is 15.1. The van der Waals surface area contributed by atoms with Crippen molar-refractivity contribution in [2.24, 2.45) is 0 Å². The van der Waals surface area contributed by atoms with Crippen LogP contribution in [0.3, 0.4) is 0 Å². The van der Waals surface area contributed by atoms with Gasteiger partial charge >= 0.3 is 17.9 Å². The summed E-state index contributed by atoms with van der Waals surface area (Å²) in [4.78, 5) is 38.4. The monoisotopic (exact) mass is 1050 g/mol. The molecule has 0 radical (unpaired) electrons. The maximum atomic E-state index is 12.9. The van der Waals surface area contributed by atoms with Gasteiger partial charge in [0.15, 0.2) is 6.10 Å². The van der Waals surface area contributed by atoms with Crippen molar-refractivity contribution in [3.63, 3.8) is 0 Å². The molecule has 6 nitrogen and oxygen atoms in total. The molecular weight excluding hydrogens is 925 g/mol. The number of ether oxygens (including phenoxy) is 3. The van der Waals surface area contributed by atoms with E-state index < -0.39 is 6.10 Å². The fraction of sp³-hybridized carbons (Fsp3) is 0.870. The first-order valence-corrected chi connectivity index (χ1v) is 33.5. The van der Waals surface area contributed by atoms with Crippen LogP contribution in [0.15, 0.2) is 36.5 Å². The van der Waals surface area contributed by atoms with Gasteiger partial charge < -0.3 is 14.2 Å². The zero-order chi connectivity index (χ0) is 54.3. The smallest absolute Gasteiger partial charge is 0.306 e. The van der Waals surface area contributed by atoms with Crippen molar-refractivity contribution < 1.29 is 28.6 Å². The topological polar surface area (TPSA) is 78.9 Å². The van der Waals surface area contributed by atoms with Gasteiger partial charge in [0.1, 0.15) is 13.2 Å². The normalized spacial score (nSPS) is 12.2. The highest BCUT2D eigenvalue weighted by Gasteiger charge is 2.19. The first kappa shape index (κ1) is 72.6. The predicted molar refractivity (Wildman–Crippen MR) is 326 cm³/mol. The second-order valence-electron chi connectivity index (χ2n) is 22.7. The molecule has 0 spiro atoms. The fourth-order valence-corrected chi connectivity index (χ4v) is 10.1. The summed E-state index contributed by atoms with van der Waals surface area (Å²) in [6, 6.07) is 0. The molecule has 0 amide bonds. The summed E-state index contributed by atoms with van der Waals surface area (Å²) in [5.74, 6) is -0.848. The van der Waals surface area contributed by atoms with E-state index in [-0.39, 0.29) is 31.1 Å². The number of rotatable bonds is 62. The minimum atomic E-state index is -0.773. The Hall–Kier alpha value is -2.37. The van der Waals surface area contributed by atoms with Gasteiger partial charge in [-0.25, -0.2) is 0 Å². The molecule has 0 aliphatic rings. The van der Waals surface area contributed by atoms with Crippen molar-refractivity contribution in [3.8, 4) is 0 Å². The lowest BCUT2D eigenvalue weighted by atomic mass is 10.0. The summed E-state index contributed by atoms with van der Waals surface area (Å²) >= 11 is 0. The lowest BCUT2D eigenvalue weighted by molar-refractivity contribution is -0.167. The Morgan fingerprint density at radius 2 is 0.480 bits per heavy atom. The molecule has 0 heterocycles. The van der Waals surface area contributed by atoms with E-state index in [2.05, 4.69) is 57.2 Å². The van der Waals surface area contributed by atoms with E-state index in [9.17, 15) is 14.4 Å². The molecule has 0 saturated heterocycles. The summed E-state index contributed by atoms with van der Waals surface area (Å²) in [5.41, 5.74) is 0. The Kier molecular flexibility index (Phi) is 62.1. The third-order valence-corrected chi connectivity index (χ3v) is 15.1. The van der Waals surface area contributed by atoms with Gasteiger partial charge in [0.25, 0.3) is 0 Å². The van der Waals surface area contributed by atoms with Gasteiger partial charge in [0.2, 0.25) is 0 Å². The number of unbranched alkanes of at least 4 members (excludes halogenated alkanes) is 45. The molecule has 0 aromatic rings. The average Bonchev–Trinajstić information content (AvgIpc) is 3.41. The van der Waals surface area contributed by atoms with Gasteiger partial charge in [-0.15, -0.1) is 0 Å². The highest BCUT2D eigenvalue weighted by Crippen LogP contribution is 2.18. The first-order valence-electron chi connectivity index (χ1n) is 33.5. The summed E-state index contributed by atoms with van der Waals surface area (Å²) in [7, 11) is 0. The maximum Gasteiger partial charge on any atom is 0.306 e. The van der Waals surface area contributed by atoms with Gasteiger partial charge in [0, 0.05) is 19.3 Å². The van der Waals surface area contributed by atoms with E-state index in [4.69, 9.17) is 14.2 Å². The quantitative estimate of drug-likeness (QED) is 0.0261. The van der Waals surface area contributed by atoms with Gasteiger partial charge in [-0.05, 0) is 77.0 Å². The minimum Gasteiger partial charge on any atom is -0.462 e. The number of hydrogen-bond acceptors (Lipinski definition) is 6. The fourth-order valence-electron chi connectivity index (χ4n) is 10.1. The summed E-state index contributed by atoms with van der Waals surface area (Å²) in [6.45, 7) is 6.68. The van der Waals surface area contributed by atoms with E-state index in [0.717, 1.165) is 64.2 Å². The molecule has 0 unspecified atom stereocenters. The molecule has 75 heavy (non-hydrogen) atoms. The van der Waals surface area contributed by atoms with Crippen molar-refractivity contribution in [3.05, 3.63) is 36.5 Å². The van der Waals surface area contributed by atoms with Crippen LogP contribution in [0.5, 0.6) is 0 Å². The van der Waals surface area contributed by atoms with Crippen LogP contribution < -0.4 is 0 Å². The van der Waals surface area contributed by atoms with Crippen LogP contribution in [0, 0.1) is 0 Å². The zero-order valence-corrected chi connectivity index (χ0v) is 50.6. The predicted octanol–water partition coefficient (Wildman–Crippen LogP) is 22.8. The first-order chi connectivity index (χ1) is 37.0. The largest absolute Gasteiger partial charge is 0.462 e. The third kappa shape index (κ3) is 62.4. The van der Waals surface area contributed by atoms with Gasteiger partial charge in [-0.3, -0.25) is 14.4 Å². The molecule has 0 aromatic carbocycles. The lowest BCUT2D eigenvalue weighted by Gasteiger charge is -2.18. The standard InChI is InChI=1S/C69H128O6/c1-4-7-10-13-16-19-22-25-28-31-34-37-40-43-46-49-52-55-58-61-67(70)73-64-66(75-69(72)63-60-57-54-51-48-45-42-39-36-33-30-27-24-21-18-15-12-9-6-3)65-74-68(71)62-59-56-53-50-47-44-41-38-35-32-29-26-23-20-17-14-11-8-5-2/h16,19,25-26,28-29,66H,4-15,17-18,20-24,27,30-65H2,1-3H3/b19-16-,28-25-,29-26-/t66-/m1/s1. The van der Waals surface area contributed by atoms with Crippen LogP contribution in [0.2, 0.25) is 0 Å². The molecule has 0 N–H and O–H groups in total. The van der Waals surface area contributed by atoms with E-state index in [1.54, 1.807) is 0 Å². The number of esters is 3. The summed E-state index contributed by atoms with van der Waals surface area (Å²) in [6.07, 6.45) is 78.6. The van der Waals surface area contributed by atoms with Crippen LogP contribution in [0.4, 0.5) is 0 Å². The van der Waals surface area contributed by atoms with Crippen LogP contribution in [0.25, 0.3) is 0 Å². The average molecular weight is 1050 g/mol. The van der Waals surface area contributed by atoms with E-state index >= 15 is 0 Å². The molecule has 6 heteroatoms. The van der Waals surface area contributed by atoms with E-state index in [1.165, 1.54) is 263 Å².